The molecule has 7 N–H and O–H groups in total. The fourth-order valence-corrected chi connectivity index (χ4v) is 4.13. The molecule has 3 rings (SSSR count). The summed E-state index contributed by atoms with van der Waals surface area (Å²) in [6, 6.07) is -0.146. The molecule has 3 heterocycles. The molecule has 0 aromatic carbocycles. The normalized spacial score (nSPS) is 12.8. The molecule has 34 heavy (non-hydrogen) atoms. The van der Waals surface area contributed by atoms with Gasteiger partial charge in [0.05, 0.1) is 28.3 Å². The Morgan fingerprint density at radius 3 is 2.56 bits per heavy atom. The van der Waals surface area contributed by atoms with Crippen molar-refractivity contribution in [3.8, 4) is 0 Å². The fourth-order valence-electron chi connectivity index (χ4n) is 3.10. The minimum absolute atomic E-state index is 0.0145. The number of nitrogen functional groups attached to an aromatic ring is 2. The summed E-state index contributed by atoms with van der Waals surface area (Å²) in [5.41, 5.74) is 13.2. The Bertz CT molecular complexity index is 1270. The second-order valence-corrected chi connectivity index (χ2v) is 8.39. The Morgan fingerprint density at radius 2 is 1.91 bits per heavy atom. The van der Waals surface area contributed by atoms with Gasteiger partial charge in [-0.1, -0.05) is 0 Å². The number of amides is 1. The first kappa shape index (κ1) is 24.5. The average Bonchev–Trinajstić information content (AvgIpc) is 3.15. The van der Waals surface area contributed by atoms with E-state index < -0.39 is 36.5 Å². The minimum Gasteiger partial charge on any atom is -0.480 e. The van der Waals surface area contributed by atoms with Crippen LogP contribution in [-0.4, -0.2) is 67.3 Å². The van der Waals surface area contributed by atoms with Gasteiger partial charge in [0.2, 0.25) is 5.95 Å². The van der Waals surface area contributed by atoms with E-state index in [-0.39, 0.29) is 28.8 Å². The lowest BCUT2D eigenvalue weighted by Crippen LogP contribution is -2.43. The fraction of sp³-hybridized carbons (Fsp3) is 0.316. The van der Waals surface area contributed by atoms with Crippen LogP contribution >= 0.6 is 11.3 Å². The zero-order valence-electron chi connectivity index (χ0n) is 18.0. The van der Waals surface area contributed by atoms with E-state index in [2.05, 4.69) is 25.3 Å². The van der Waals surface area contributed by atoms with E-state index in [9.17, 15) is 23.9 Å². The molecule has 0 saturated carbocycles. The lowest BCUT2D eigenvalue weighted by molar-refractivity contribution is -0.145. The summed E-state index contributed by atoms with van der Waals surface area (Å²) in [6.45, 7) is 2.05. The quantitative estimate of drug-likeness (QED) is 0.278. The number of nitrogens with zero attached hydrogens (tertiary/aromatic N) is 5. The number of halogens is 1. The van der Waals surface area contributed by atoms with Gasteiger partial charge in [-0.3, -0.25) is 4.79 Å². The molecule has 0 aliphatic rings. The molecule has 0 fully saturated rings. The number of aromatic nitrogens is 4. The molecule has 0 saturated heterocycles. The molecule has 1 amide bonds. The number of aliphatic carboxylic acids is 2. The number of carbonyl (C=O) groups excluding carboxylic acids is 1. The van der Waals surface area contributed by atoms with Gasteiger partial charge in [0.1, 0.15) is 6.04 Å². The van der Waals surface area contributed by atoms with Crippen molar-refractivity contribution < 1.29 is 29.0 Å². The minimum atomic E-state index is -2.42. The highest BCUT2D eigenvalue weighted by atomic mass is 32.1. The molecule has 180 valence electrons. The lowest BCUT2D eigenvalue weighted by Gasteiger charge is -2.18. The number of hydrogen-bond acceptors (Lipinski definition) is 11. The summed E-state index contributed by atoms with van der Waals surface area (Å²) in [7, 11) is 1.76. The number of nitrogens with two attached hydrogens (primary N) is 2. The maximum Gasteiger partial charge on any atom is 0.338 e. The van der Waals surface area contributed by atoms with E-state index >= 15 is 0 Å². The Kier molecular flexibility index (Phi) is 7.05. The predicted molar refractivity (Wildman–Crippen MR) is 121 cm³/mol. The number of thiophene rings is 1. The number of rotatable bonds is 9. The number of carboxylic acid groups (broad SMARTS) is 2. The Labute approximate surface area is 195 Å². The van der Waals surface area contributed by atoms with E-state index in [1.807, 2.05) is 0 Å². The van der Waals surface area contributed by atoms with Crippen LogP contribution in [0.3, 0.4) is 0 Å². The van der Waals surface area contributed by atoms with Gasteiger partial charge in [0.25, 0.3) is 5.91 Å². The molecule has 0 radical (unpaired) electrons. The molecule has 15 heteroatoms. The number of hydrogen-bond donors (Lipinski definition) is 5. The van der Waals surface area contributed by atoms with Crippen molar-refractivity contribution in [1.82, 2.24) is 25.3 Å². The number of alkyl halides is 1. The van der Waals surface area contributed by atoms with Crippen molar-refractivity contribution in [3.05, 3.63) is 28.4 Å². The number of aryl methyl sites for hydroxylation is 1. The first-order valence-corrected chi connectivity index (χ1v) is 10.5. The van der Waals surface area contributed by atoms with Crippen molar-refractivity contribution in [2.45, 2.75) is 32.1 Å². The van der Waals surface area contributed by atoms with Crippen LogP contribution in [0, 0.1) is 6.92 Å². The monoisotopic (exact) mass is 492 g/mol. The molecule has 0 aliphatic carbocycles. The first-order chi connectivity index (χ1) is 16.0. The third-order valence-corrected chi connectivity index (χ3v) is 6.03. The average molecular weight is 492 g/mol. The van der Waals surface area contributed by atoms with Gasteiger partial charge in [-0.05, 0) is 18.6 Å². The van der Waals surface area contributed by atoms with Crippen molar-refractivity contribution in [3.63, 3.8) is 0 Å². The van der Waals surface area contributed by atoms with Crippen LogP contribution in [0.4, 0.5) is 21.2 Å². The molecular weight excluding hydrogens is 471 g/mol. The van der Waals surface area contributed by atoms with Crippen LogP contribution in [0.5, 0.6) is 0 Å². The topological polar surface area (TPSA) is 211 Å². The van der Waals surface area contributed by atoms with E-state index in [0.29, 0.717) is 16.2 Å². The van der Waals surface area contributed by atoms with E-state index in [0.717, 1.165) is 16.9 Å². The highest BCUT2D eigenvalue weighted by Gasteiger charge is 2.29. The van der Waals surface area contributed by atoms with Crippen LogP contribution in [0.15, 0.2) is 12.3 Å². The van der Waals surface area contributed by atoms with Gasteiger partial charge in [-0.15, -0.1) is 11.3 Å². The molecule has 0 spiro atoms. The molecule has 2 atom stereocenters. The maximum absolute atomic E-state index is 13.5. The first-order valence-electron chi connectivity index (χ1n) is 9.73. The zero-order chi connectivity index (χ0) is 25.2. The van der Waals surface area contributed by atoms with E-state index in [1.165, 1.54) is 6.20 Å². The summed E-state index contributed by atoms with van der Waals surface area (Å²) >= 11 is 1.08. The van der Waals surface area contributed by atoms with Crippen LogP contribution in [-0.2, 0) is 16.1 Å². The van der Waals surface area contributed by atoms with Gasteiger partial charge in [0, 0.05) is 13.5 Å². The molecule has 0 unspecified atom stereocenters. The molecule has 0 aliphatic heterocycles. The van der Waals surface area contributed by atoms with Gasteiger partial charge >= 0.3 is 11.9 Å². The molecule has 13 nitrogen and oxygen atoms in total. The number of carbonyl (C=O) groups is 3. The molecule has 3 aromatic rings. The summed E-state index contributed by atoms with van der Waals surface area (Å²) in [5.74, 6) is -4.02. The summed E-state index contributed by atoms with van der Waals surface area (Å²) in [5, 5.41) is 20.7. The van der Waals surface area contributed by atoms with Crippen molar-refractivity contribution in [2.75, 3.05) is 23.4 Å². The van der Waals surface area contributed by atoms with Crippen LogP contribution in [0.1, 0.15) is 27.3 Å². The summed E-state index contributed by atoms with van der Waals surface area (Å²) in [6.07, 6.45) is -1.81. The molecular formula is C19H21FN8O5S. The van der Waals surface area contributed by atoms with Gasteiger partial charge in [-0.25, -0.2) is 23.9 Å². The lowest BCUT2D eigenvalue weighted by atomic mass is 10.1. The smallest absolute Gasteiger partial charge is 0.338 e. The molecule has 0 bridgehead atoms. The number of anilines is 3. The Balaban J connectivity index is 1.75. The van der Waals surface area contributed by atoms with E-state index in [1.54, 1.807) is 24.9 Å². The number of fused-ring (bicyclic) bond motifs is 1. The summed E-state index contributed by atoms with van der Waals surface area (Å²) < 4.78 is 13.5. The Hall–Kier alpha value is -4.14. The second-order valence-electron chi connectivity index (χ2n) is 7.36. The van der Waals surface area contributed by atoms with Crippen LogP contribution < -0.4 is 21.7 Å². The zero-order valence-corrected chi connectivity index (χ0v) is 18.8. The van der Waals surface area contributed by atoms with Crippen molar-refractivity contribution in [2.24, 2.45) is 0 Å². The number of nitrogens with one attached hydrogen (secondary N) is 1. The van der Waals surface area contributed by atoms with Crippen molar-refractivity contribution in [1.29, 1.82) is 0 Å². The van der Waals surface area contributed by atoms with Crippen molar-refractivity contribution >= 4 is 57.1 Å². The highest BCUT2D eigenvalue weighted by molar-refractivity contribution is 7.18. The van der Waals surface area contributed by atoms with E-state index in [4.69, 9.17) is 16.6 Å². The Morgan fingerprint density at radius 1 is 1.21 bits per heavy atom. The van der Waals surface area contributed by atoms with Gasteiger partial charge in [-0.2, -0.15) is 9.97 Å². The SMILES string of the molecule is Cc1cc(C(=O)N[C@@H](C[C@@H](F)C(=O)O)C(=O)O)sc1N(C)Cc1cnc2nc(N)nc(N)c2n1. The second kappa shape index (κ2) is 9.78. The molecule has 3 aromatic heterocycles. The highest BCUT2D eigenvalue weighted by Crippen LogP contribution is 2.31. The standard InChI is InChI=1S/C19H21FN8O5S/c1-7-3-11(15(29)25-10(18(32)33)4-9(20)17(30)31)34-16(7)28(2)6-8-5-23-14-12(24-8)13(21)26-19(22)27-14/h3,5,9-10H,4,6H2,1-2H3,(H,25,29)(H,30,31)(H,32,33)(H4,21,22,23,26,27)/t9-,10+/m1/s1. The third kappa shape index (κ3) is 5.43. The van der Waals surface area contributed by atoms with Crippen LogP contribution in [0.25, 0.3) is 11.2 Å². The van der Waals surface area contributed by atoms with Crippen LogP contribution in [0.2, 0.25) is 0 Å². The summed E-state index contributed by atoms with van der Waals surface area (Å²) in [4.78, 5) is 53.0. The van der Waals surface area contributed by atoms with Gasteiger partial charge in [0.15, 0.2) is 23.2 Å². The van der Waals surface area contributed by atoms with Gasteiger partial charge < -0.3 is 31.9 Å². The maximum atomic E-state index is 13.5. The number of carboxylic acids is 2. The largest absolute Gasteiger partial charge is 0.480 e. The third-order valence-electron chi connectivity index (χ3n) is 4.68. The predicted octanol–water partition coefficient (Wildman–Crippen LogP) is 0.586.